The third-order valence-corrected chi connectivity index (χ3v) is 5.26. The first-order chi connectivity index (χ1) is 12.0. The Balaban J connectivity index is 2.35. The summed E-state index contributed by atoms with van der Waals surface area (Å²) in [6.45, 7) is 17.7. The van der Waals surface area contributed by atoms with Gasteiger partial charge in [0.15, 0.2) is 0 Å². The molecule has 2 nitrogen and oxygen atoms in total. The first-order valence-electron chi connectivity index (χ1n) is 9.65. The Kier molecular flexibility index (Phi) is 6.50. The molecule has 0 N–H and O–H groups in total. The largest absolute Gasteiger partial charge is 0.261 e. The van der Waals surface area contributed by atoms with E-state index >= 15 is 0 Å². The van der Waals surface area contributed by atoms with E-state index in [0.29, 0.717) is 11.8 Å². The Morgan fingerprint density at radius 1 is 0.923 bits per heavy atom. The topological polar surface area (TPSA) is 25.8 Å². The molecule has 2 aromatic heterocycles. The lowest BCUT2D eigenvalue weighted by molar-refractivity contribution is 0.571. The molecular weight excluding hydrogens is 340 g/mol. The lowest BCUT2D eigenvalue weighted by Gasteiger charge is -2.25. The van der Waals surface area contributed by atoms with Crippen molar-refractivity contribution < 1.29 is 0 Å². The van der Waals surface area contributed by atoms with Crippen molar-refractivity contribution in [1.82, 2.24) is 9.97 Å². The number of nitrogens with zero attached hydrogens (tertiary/aromatic N) is 2. The molecule has 0 fully saturated rings. The van der Waals surface area contributed by atoms with Crippen LogP contribution < -0.4 is 0 Å². The van der Waals surface area contributed by atoms with Crippen LogP contribution in [0.5, 0.6) is 0 Å². The average molecular weight is 373 g/mol. The van der Waals surface area contributed by atoms with Crippen LogP contribution >= 0.6 is 11.6 Å². The van der Waals surface area contributed by atoms with Crippen molar-refractivity contribution >= 4 is 11.6 Å². The molecule has 0 saturated carbocycles. The van der Waals surface area contributed by atoms with Crippen LogP contribution in [0.3, 0.4) is 0 Å². The molecule has 1 atom stereocenters. The number of hydrogen-bond donors (Lipinski definition) is 0. The van der Waals surface area contributed by atoms with Gasteiger partial charge in [0.2, 0.25) is 0 Å². The lowest BCUT2D eigenvalue weighted by Crippen LogP contribution is -2.17. The molecule has 0 spiro atoms. The number of halogens is 1. The summed E-state index contributed by atoms with van der Waals surface area (Å²) in [5, 5.41) is 0.771. The molecule has 0 aliphatic carbocycles. The predicted octanol–water partition coefficient (Wildman–Crippen LogP) is 7.02. The van der Waals surface area contributed by atoms with E-state index in [9.17, 15) is 0 Å². The second kappa shape index (κ2) is 8.08. The maximum Gasteiger partial charge on any atom is 0.0627 e. The van der Waals surface area contributed by atoms with E-state index in [1.807, 2.05) is 6.20 Å². The lowest BCUT2D eigenvalue weighted by atomic mass is 9.81. The Morgan fingerprint density at radius 3 is 2.08 bits per heavy atom. The van der Waals surface area contributed by atoms with Crippen LogP contribution in [0.25, 0.3) is 0 Å². The van der Waals surface area contributed by atoms with Crippen molar-refractivity contribution in [3.8, 4) is 0 Å². The van der Waals surface area contributed by atoms with Gasteiger partial charge < -0.3 is 0 Å². The number of aromatic nitrogens is 2. The normalized spacial score (nSPS) is 13.5. The predicted molar refractivity (Wildman–Crippen MR) is 112 cm³/mol. The highest BCUT2D eigenvalue weighted by atomic mass is 35.5. The maximum atomic E-state index is 6.55. The maximum absolute atomic E-state index is 6.55. The number of pyridine rings is 2. The Bertz CT molecular complexity index is 757. The molecule has 2 rings (SSSR count). The minimum absolute atomic E-state index is 0.0837. The van der Waals surface area contributed by atoms with Crippen LogP contribution in [-0.2, 0) is 11.8 Å². The molecule has 0 amide bonds. The first-order valence-corrected chi connectivity index (χ1v) is 10.0. The summed E-state index contributed by atoms with van der Waals surface area (Å²) in [6.07, 6.45) is 4.92. The highest BCUT2D eigenvalue weighted by Crippen LogP contribution is 2.33. The molecule has 0 aliphatic rings. The van der Waals surface area contributed by atoms with Gasteiger partial charge in [-0.05, 0) is 52.5 Å². The van der Waals surface area contributed by atoms with Crippen molar-refractivity contribution in [1.29, 1.82) is 0 Å². The van der Waals surface area contributed by atoms with Gasteiger partial charge in [-0.1, -0.05) is 67.0 Å². The quantitative estimate of drug-likeness (QED) is 0.563. The zero-order chi connectivity index (χ0) is 19.6. The average Bonchev–Trinajstić information content (AvgIpc) is 2.53. The van der Waals surface area contributed by atoms with E-state index in [-0.39, 0.29) is 11.3 Å². The van der Waals surface area contributed by atoms with Crippen LogP contribution in [0.15, 0.2) is 24.5 Å². The van der Waals surface area contributed by atoms with E-state index in [4.69, 9.17) is 16.6 Å². The molecular formula is C23H33ClN2. The molecule has 2 aromatic rings. The number of rotatable bonds is 5. The summed E-state index contributed by atoms with van der Waals surface area (Å²) in [5.41, 5.74) is 6.07. The molecule has 1 unspecified atom stereocenters. The third-order valence-electron chi connectivity index (χ3n) is 4.96. The summed E-state index contributed by atoms with van der Waals surface area (Å²) < 4.78 is 0. The summed E-state index contributed by atoms with van der Waals surface area (Å²) in [6, 6.07) is 4.35. The summed E-state index contributed by atoms with van der Waals surface area (Å²) in [4.78, 5) is 9.39. The molecule has 3 heteroatoms. The molecule has 0 saturated heterocycles. The van der Waals surface area contributed by atoms with Crippen molar-refractivity contribution in [2.45, 2.75) is 85.0 Å². The second-order valence-corrected chi connectivity index (χ2v) is 9.47. The number of hydrogen-bond acceptors (Lipinski definition) is 2. The molecule has 0 aliphatic heterocycles. The molecule has 0 bridgehead atoms. The molecule has 0 radical (unpaired) electrons. The third kappa shape index (κ3) is 4.85. The Morgan fingerprint density at radius 2 is 1.58 bits per heavy atom. The molecule has 142 valence electrons. The van der Waals surface area contributed by atoms with Gasteiger partial charge in [-0.25, -0.2) is 0 Å². The minimum atomic E-state index is 0.0837. The Labute approximate surface area is 164 Å². The molecule has 2 heterocycles. The molecule has 0 aromatic carbocycles. The standard InChI is InChI=1S/C23H33ClN2/c1-14(2)17-10-20(24)22(26-12-17)16(5)9-18-13-25-21(15(3)4)11-19(18)23(6,7)8/h10-16H,9H2,1-8H3. The fraction of sp³-hybridized carbons (Fsp3) is 0.565. The van der Waals surface area contributed by atoms with Gasteiger partial charge in [0.05, 0.1) is 10.7 Å². The van der Waals surface area contributed by atoms with E-state index < -0.39 is 0 Å². The van der Waals surface area contributed by atoms with Gasteiger partial charge >= 0.3 is 0 Å². The van der Waals surface area contributed by atoms with Gasteiger partial charge in [-0.3, -0.25) is 9.97 Å². The fourth-order valence-electron chi connectivity index (χ4n) is 3.24. The van der Waals surface area contributed by atoms with E-state index in [1.54, 1.807) is 0 Å². The second-order valence-electron chi connectivity index (χ2n) is 9.07. The van der Waals surface area contributed by atoms with Crippen LogP contribution in [0.4, 0.5) is 0 Å². The zero-order valence-corrected chi connectivity index (χ0v) is 18.3. The van der Waals surface area contributed by atoms with Gasteiger partial charge in [0.1, 0.15) is 0 Å². The van der Waals surface area contributed by atoms with E-state index in [0.717, 1.165) is 22.8 Å². The van der Waals surface area contributed by atoms with Crippen molar-refractivity contribution in [2.24, 2.45) is 0 Å². The highest BCUT2D eigenvalue weighted by molar-refractivity contribution is 6.31. The Hall–Kier alpha value is -1.41. The highest BCUT2D eigenvalue weighted by Gasteiger charge is 2.22. The smallest absolute Gasteiger partial charge is 0.0627 e. The zero-order valence-electron chi connectivity index (χ0n) is 17.5. The summed E-state index contributed by atoms with van der Waals surface area (Å²) in [5.74, 6) is 1.11. The van der Waals surface area contributed by atoms with Crippen molar-refractivity contribution in [3.63, 3.8) is 0 Å². The SMILES string of the molecule is CC(C)c1cnc(C(C)Cc2cnc(C(C)C)cc2C(C)(C)C)c(Cl)c1. The van der Waals surface area contributed by atoms with Gasteiger partial charge in [0, 0.05) is 24.0 Å². The van der Waals surface area contributed by atoms with Crippen LogP contribution in [-0.4, -0.2) is 9.97 Å². The first kappa shape index (κ1) is 20.9. The van der Waals surface area contributed by atoms with Gasteiger partial charge in [-0.2, -0.15) is 0 Å². The fourth-order valence-corrected chi connectivity index (χ4v) is 3.61. The van der Waals surface area contributed by atoms with Crippen LogP contribution in [0.1, 0.15) is 101 Å². The van der Waals surface area contributed by atoms with Crippen molar-refractivity contribution in [3.05, 3.63) is 57.6 Å². The van der Waals surface area contributed by atoms with Gasteiger partial charge in [-0.15, -0.1) is 0 Å². The molecule has 26 heavy (non-hydrogen) atoms. The van der Waals surface area contributed by atoms with Crippen molar-refractivity contribution in [2.75, 3.05) is 0 Å². The van der Waals surface area contributed by atoms with E-state index in [1.165, 1.54) is 16.7 Å². The van der Waals surface area contributed by atoms with Crippen LogP contribution in [0, 0.1) is 0 Å². The monoisotopic (exact) mass is 372 g/mol. The van der Waals surface area contributed by atoms with E-state index in [2.05, 4.69) is 78.7 Å². The summed E-state index contributed by atoms with van der Waals surface area (Å²) in [7, 11) is 0. The summed E-state index contributed by atoms with van der Waals surface area (Å²) >= 11 is 6.55. The van der Waals surface area contributed by atoms with Crippen LogP contribution in [0.2, 0.25) is 5.02 Å². The minimum Gasteiger partial charge on any atom is -0.261 e. The van der Waals surface area contributed by atoms with Gasteiger partial charge in [0.25, 0.3) is 0 Å².